The van der Waals surface area contributed by atoms with E-state index in [1.807, 2.05) is 55.5 Å². The second-order valence-electron chi connectivity index (χ2n) is 5.67. The SMILES string of the molecule is C/C(=N/NC(=O)c1ccn(Cc2cccc(Br)c2)n1)c1ccc(Br)cc1. The second kappa shape index (κ2) is 8.42. The fraction of sp³-hybridized carbons (Fsp3) is 0.105. The molecule has 0 fully saturated rings. The third-order valence-electron chi connectivity index (χ3n) is 3.69. The van der Waals surface area contributed by atoms with E-state index in [1.165, 1.54) is 0 Å². The van der Waals surface area contributed by atoms with Gasteiger partial charge in [0.25, 0.3) is 5.91 Å². The Morgan fingerprint density at radius 3 is 2.62 bits per heavy atom. The molecule has 1 aromatic heterocycles. The minimum absolute atomic E-state index is 0.326. The Morgan fingerprint density at radius 1 is 1.12 bits per heavy atom. The van der Waals surface area contributed by atoms with Crippen molar-refractivity contribution in [1.29, 1.82) is 0 Å². The van der Waals surface area contributed by atoms with Crippen molar-refractivity contribution in [2.75, 3.05) is 0 Å². The summed E-state index contributed by atoms with van der Waals surface area (Å²) in [5.41, 5.74) is 5.63. The molecule has 5 nitrogen and oxygen atoms in total. The molecule has 7 heteroatoms. The summed E-state index contributed by atoms with van der Waals surface area (Å²) in [6, 6.07) is 17.4. The highest BCUT2D eigenvalue weighted by Crippen LogP contribution is 2.13. The van der Waals surface area contributed by atoms with Crippen LogP contribution in [0.1, 0.15) is 28.5 Å². The molecular weight excluding hydrogens is 460 g/mol. The Morgan fingerprint density at radius 2 is 1.88 bits per heavy atom. The predicted molar refractivity (Wildman–Crippen MR) is 109 cm³/mol. The molecule has 0 aliphatic carbocycles. The topological polar surface area (TPSA) is 59.3 Å². The highest BCUT2D eigenvalue weighted by molar-refractivity contribution is 9.10. The van der Waals surface area contributed by atoms with Gasteiger partial charge in [-0.1, -0.05) is 56.1 Å². The number of amides is 1. The lowest BCUT2D eigenvalue weighted by atomic mass is 10.1. The van der Waals surface area contributed by atoms with E-state index in [-0.39, 0.29) is 5.91 Å². The maximum absolute atomic E-state index is 12.2. The molecule has 0 unspecified atom stereocenters. The number of nitrogens with one attached hydrogen (secondary N) is 1. The number of rotatable bonds is 5. The van der Waals surface area contributed by atoms with Gasteiger partial charge < -0.3 is 0 Å². The predicted octanol–water partition coefficient (Wildman–Crippen LogP) is 4.61. The molecule has 0 saturated heterocycles. The number of hydrogen-bond acceptors (Lipinski definition) is 3. The van der Waals surface area contributed by atoms with Crippen LogP contribution >= 0.6 is 31.9 Å². The molecule has 0 saturated carbocycles. The van der Waals surface area contributed by atoms with Crippen LogP contribution in [0, 0.1) is 0 Å². The van der Waals surface area contributed by atoms with Crippen LogP contribution in [0.25, 0.3) is 0 Å². The lowest BCUT2D eigenvalue weighted by molar-refractivity contribution is 0.0949. The number of benzene rings is 2. The van der Waals surface area contributed by atoms with Gasteiger partial charge in [0.2, 0.25) is 0 Å². The van der Waals surface area contributed by atoms with Gasteiger partial charge in [-0.2, -0.15) is 10.2 Å². The number of aromatic nitrogens is 2. The van der Waals surface area contributed by atoms with Gasteiger partial charge in [-0.25, -0.2) is 5.43 Å². The molecular formula is C19H16Br2N4O. The normalized spacial score (nSPS) is 11.4. The minimum atomic E-state index is -0.338. The lowest BCUT2D eigenvalue weighted by Crippen LogP contribution is -2.20. The van der Waals surface area contributed by atoms with Crippen molar-refractivity contribution < 1.29 is 4.79 Å². The van der Waals surface area contributed by atoms with Crippen LogP contribution in [-0.2, 0) is 6.54 Å². The van der Waals surface area contributed by atoms with E-state index in [9.17, 15) is 4.79 Å². The van der Waals surface area contributed by atoms with Crippen LogP contribution in [0.4, 0.5) is 0 Å². The highest BCUT2D eigenvalue weighted by Gasteiger charge is 2.09. The van der Waals surface area contributed by atoms with Gasteiger partial charge in [0.05, 0.1) is 12.3 Å². The number of carbonyl (C=O) groups excluding carboxylic acids is 1. The molecule has 3 rings (SSSR count). The first-order valence-corrected chi connectivity index (χ1v) is 9.48. The van der Waals surface area contributed by atoms with Crippen LogP contribution in [0.15, 0.2) is 74.8 Å². The average molecular weight is 476 g/mol. The molecule has 3 aromatic rings. The molecule has 26 heavy (non-hydrogen) atoms. The third-order valence-corrected chi connectivity index (χ3v) is 4.72. The number of carbonyl (C=O) groups is 1. The number of nitrogens with zero attached hydrogens (tertiary/aromatic N) is 3. The van der Waals surface area contributed by atoms with Gasteiger partial charge in [-0.3, -0.25) is 9.48 Å². The van der Waals surface area contributed by atoms with E-state index < -0.39 is 0 Å². The first-order valence-electron chi connectivity index (χ1n) is 7.90. The Kier molecular flexibility index (Phi) is 6.00. The molecule has 0 bridgehead atoms. The maximum atomic E-state index is 12.2. The quantitative estimate of drug-likeness (QED) is 0.432. The van der Waals surface area contributed by atoms with Crippen molar-refractivity contribution in [1.82, 2.24) is 15.2 Å². The smallest absolute Gasteiger partial charge is 0.268 e. The molecule has 132 valence electrons. The van der Waals surface area contributed by atoms with Crippen molar-refractivity contribution >= 4 is 43.5 Å². The summed E-state index contributed by atoms with van der Waals surface area (Å²) >= 11 is 6.84. The van der Waals surface area contributed by atoms with Crippen molar-refractivity contribution in [3.8, 4) is 0 Å². The van der Waals surface area contributed by atoms with Crippen LogP contribution in [-0.4, -0.2) is 21.4 Å². The summed E-state index contributed by atoms with van der Waals surface area (Å²) in [6.45, 7) is 2.43. The van der Waals surface area contributed by atoms with Gasteiger partial charge in [-0.05, 0) is 48.4 Å². The van der Waals surface area contributed by atoms with Crippen LogP contribution in [0.5, 0.6) is 0 Å². The van der Waals surface area contributed by atoms with E-state index in [1.54, 1.807) is 16.9 Å². The van der Waals surface area contributed by atoms with E-state index in [4.69, 9.17) is 0 Å². The Balaban J connectivity index is 1.64. The van der Waals surface area contributed by atoms with Gasteiger partial charge in [0.1, 0.15) is 0 Å². The summed E-state index contributed by atoms with van der Waals surface area (Å²) in [5, 5.41) is 8.46. The standard InChI is InChI=1S/C19H16Br2N4O/c1-13(15-5-7-16(20)8-6-15)22-23-19(26)18-9-10-25(24-18)12-14-3-2-4-17(21)11-14/h2-11H,12H2,1H3,(H,23,26)/b22-13-. The number of halogens is 2. The molecule has 0 radical (unpaired) electrons. The summed E-state index contributed by atoms with van der Waals surface area (Å²) in [6.07, 6.45) is 1.78. The molecule has 1 amide bonds. The first-order chi connectivity index (χ1) is 12.5. The van der Waals surface area contributed by atoms with Crippen LogP contribution in [0.3, 0.4) is 0 Å². The maximum Gasteiger partial charge on any atom is 0.291 e. The Labute approximate surface area is 168 Å². The summed E-state index contributed by atoms with van der Waals surface area (Å²) in [7, 11) is 0. The van der Waals surface area contributed by atoms with Crippen molar-refractivity contribution in [2.24, 2.45) is 5.10 Å². The fourth-order valence-corrected chi connectivity index (χ4v) is 3.05. The van der Waals surface area contributed by atoms with Gasteiger partial charge in [-0.15, -0.1) is 0 Å². The molecule has 0 aliphatic rings. The van der Waals surface area contributed by atoms with Gasteiger partial charge in [0.15, 0.2) is 5.69 Å². The van der Waals surface area contributed by atoms with Crippen molar-refractivity contribution in [3.05, 3.63) is 86.6 Å². The molecule has 0 aliphatic heterocycles. The zero-order valence-electron chi connectivity index (χ0n) is 14.0. The summed E-state index contributed by atoms with van der Waals surface area (Å²) in [4.78, 5) is 12.2. The van der Waals surface area contributed by atoms with E-state index in [0.717, 1.165) is 25.8 Å². The highest BCUT2D eigenvalue weighted by atomic mass is 79.9. The lowest BCUT2D eigenvalue weighted by Gasteiger charge is -2.03. The summed E-state index contributed by atoms with van der Waals surface area (Å²) < 4.78 is 3.73. The van der Waals surface area contributed by atoms with Crippen molar-refractivity contribution in [2.45, 2.75) is 13.5 Å². The van der Waals surface area contributed by atoms with Crippen molar-refractivity contribution in [3.63, 3.8) is 0 Å². The van der Waals surface area contributed by atoms with Gasteiger partial charge >= 0.3 is 0 Å². The van der Waals surface area contributed by atoms with E-state index in [0.29, 0.717) is 12.2 Å². The third kappa shape index (κ3) is 4.89. The zero-order chi connectivity index (χ0) is 18.5. The molecule has 0 spiro atoms. The van der Waals surface area contributed by atoms with Gasteiger partial charge in [0, 0.05) is 15.1 Å². The monoisotopic (exact) mass is 474 g/mol. The van der Waals surface area contributed by atoms with E-state index >= 15 is 0 Å². The first kappa shape index (κ1) is 18.5. The summed E-state index contributed by atoms with van der Waals surface area (Å²) in [5.74, 6) is -0.338. The molecule has 2 aromatic carbocycles. The molecule has 1 N–H and O–H groups in total. The average Bonchev–Trinajstić information content (AvgIpc) is 3.08. The Bertz CT molecular complexity index is 948. The van der Waals surface area contributed by atoms with E-state index in [2.05, 4.69) is 47.5 Å². The Hall–Kier alpha value is -2.25. The number of hydrazone groups is 1. The molecule has 0 atom stereocenters. The molecule has 1 heterocycles. The largest absolute Gasteiger partial charge is 0.291 e. The number of hydrogen-bond donors (Lipinski definition) is 1. The minimum Gasteiger partial charge on any atom is -0.268 e. The van der Waals surface area contributed by atoms with Crippen LogP contribution in [0.2, 0.25) is 0 Å². The zero-order valence-corrected chi connectivity index (χ0v) is 17.2. The fourth-order valence-electron chi connectivity index (χ4n) is 2.34. The van der Waals surface area contributed by atoms with Crippen LogP contribution < -0.4 is 5.43 Å². The second-order valence-corrected chi connectivity index (χ2v) is 7.50.